The monoisotopic (exact) mass is 284 g/mol. The zero-order chi connectivity index (χ0) is 13.6. The summed E-state index contributed by atoms with van der Waals surface area (Å²) in [5, 5.41) is 3.05. The summed E-state index contributed by atoms with van der Waals surface area (Å²) < 4.78 is 19.1. The summed E-state index contributed by atoms with van der Waals surface area (Å²) in [4.78, 5) is 12.0. The minimum absolute atomic E-state index is 0.0406. The van der Waals surface area contributed by atoms with E-state index in [1.807, 2.05) is 0 Å². The zero-order valence-corrected chi connectivity index (χ0v) is 10.9. The Kier molecular flexibility index (Phi) is 3.20. The lowest BCUT2D eigenvalue weighted by Gasteiger charge is -2.45. The van der Waals surface area contributed by atoms with E-state index in [1.54, 1.807) is 0 Å². The Morgan fingerprint density at radius 2 is 2.32 bits per heavy atom. The minimum Gasteiger partial charge on any atom is -0.376 e. The fourth-order valence-corrected chi connectivity index (χ4v) is 3.00. The molecule has 1 saturated carbocycles. The summed E-state index contributed by atoms with van der Waals surface area (Å²) in [6, 6.07) is 3.51. The van der Waals surface area contributed by atoms with Crippen LogP contribution < -0.4 is 11.1 Å². The molecule has 102 valence electrons. The third-order valence-electron chi connectivity index (χ3n) is 3.92. The van der Waals surface area contributed by atoms with Crippen LogP contribution in [-0.2, 0) is 4.74 Å². The number of benzene rings is 1. The molecule has 6 heteroatoms. The van der Waals surface area contributed by atoms with Gasteiger partial charge < -0.3 is 15.8 Å². The van der Waals surface area contributed by atoms with Gasteiger partial charge in [0.1, 0.15) is 5.82 Å². The van der Waals surface area contributed by atoms with Crippen molar-refractivity contribution >= 4 is 17.5 Å². The molecule has 2 fully saturated rings. The highest BCUT2D eigenvalue weighted by Gasteiger charge is 2.52. The fourth-order valence-electron chi connectivity index (χ4n) is 2.83. The lowest BCUT2D eigenvalue weighted by molar-refractivity contribution is -0.0161. The first kappa shape index (κ1) is 12.8. The molecule has 1 amide bonds. The van der Waals surface area contributed by atoms with Crippen molar-refractivity contribution in [2.75, 3.05) is 6.61 Å². The summed E-state index contributed by atoms with van der Waals surface area (Å²) >= 11 is 5.77. The first-order chi connectivity index (χ1) is 9.08. The second-order valence-electron chi connectivity index (χ2n) is 4.99. The van der Waals surface area contributed by atoms with Crippen LogP contribution in [0.5, 0.6) is 0 Å². The van der Waals surface area contributed by atoms with Crippen LogP contribution in [0.2, 0.25) is 5.02 Å². The molecular weight excluding hydrogens is 271 g/mol. The number of hydrogen-bond acceptors (Lipinski definition) is 3. The van der Waals surface area contributed by atoms with E-state index in [1.165, 1.54) is 18.2 Å². The van der Waals surface area contributed by atoms with Crippen LogP contribution >= 0.6 is 11.6 Å². The van der Waals surface area contributed by atoms with E-state index in [0.717, 1.165) is 6.42 Å². The van der Waals surface area contributed by atoms with Crippen molar-refractivity contribution in [3.63, 3.8) is 0 Å². The van der Waals surface area contributed by atoms with Crippen LogP contribution in [0.25, 0.3) is 0 Å². The molecular formula is C13H14ClFN2O2. The molecule has 1 saturated heterocycles. The quantitative estimate of drug-likeness (QED) is 0.861. The normalized spacial score (nSPS) is 32.6. The fraction of sp³-hybridized carbons (Fsp3) is 0.462. The van der Waals surface area contributed by atoms with Gasteiger partial charge in [-0.3, -0.25) is 4.79 Å². The van der Waals surface area contributed by atoms with Crippen LogP contribution in [0.1, 0.15) is 16.8 Å². The van der Waals surface area contributed by atoms with Gasteiger partial charge in [0.2, 0.25) is 0 Å². The van der Waals surface area contributed by atoms with Crippen molar-refractivity contribution in [3.8, 4) is 0 Å². The number of fused-ring (bicyclic) bond motifs is 1. The molecule has 0 spiro atoms. The highest BCUT2D eigenvalue weighted by atomic mass is 35.5. The van der Waals surface area contributed by atoms with Gasteiger partial charge >= 0.3 is 0 Å². The van der Waals surface area contributed by atoms with Crippen molar-refractivity contribution in [1.29, 1.82) is 0 Å². The average Bonchev–Trinajstić information content (AvgIpc) is 2.83. The first-order valence-corrected chi connectivity index (χ1v) is 6.59. The first-order valence-electron chi connectivity index (χ1n) is 6.21. The van der Waals surface area contributed by atoms with Crippen molar-refractivity contribution in [1.82, 2.24) is 5.32 Å². The number of nitrogens with two attached hydrogens (primary N) is 1. The van der Waals surface area contributed by atoms with Gasteiger partial charge in [0.05, 0.1) is 17.7 Å². The van der Waals surface area contributed by atoms with E-state index in [0.29, 0.717) is 17.5 Å². The van der Waals surface area contributed by atoms with Crippen molar-refractivity contribution in [2.24, 2.45) is 11.7 Å². The number of ether oxygens (including phenoxy) is 1. The van der Waals surface area contributed by atoms with Gasteiger partial charge in [0, 0.05) is 23.6 Å². The molecule has 0 radical (unpaired) electrons. The summed E-state index contributed by atoms with van der Waals surface area (Å²) in [6.07, 6.45) is 0.880. The molecule has 1 aromatic carbocycles. The van der Waals surface area contributed by atoms with E-state index < -0.39 is 11.7 Å². The van der Waals surface area contributed by atoms with Gasteiger partial charge in [-0.15, -0.1) is 0 Å². The van der Waals surface area contributed by atoms with Crippen LogP contribution in [0.4, 0.5) is 4.39 Å². The molecule has 4 nitrogen and oxygen atoms in total. The maximum atomic E-state index is 13.6. The molecule has 4 unspecified atom stereocenters. The van der Waals surface area contributed by atoms with Crippen LogP contribution in [0.3, 0.4) is 0 Å². The number of amides is 1. The molecule has 1 heterocycles. The predicted octanol–water partition coefficient (Wildman–Crippen LogP) is 1.32. The molecule has 19 heavy (non-hydrogen) atoms. The molecule has 2 aliphatic rings. The number of nitrogens with one attached hydrogen (secondary N) is 1. The van der Waals surface area contributed by atoms with E-state index in [9.17, 15) is 9.18 Å². The number of carbonyl (C=O) groups excluding carboxylic acids is 1. The Labute approximate surface area is 115 Å². The van der Waals surface area contributed by atoms with Gasteiger partial charge in [-0.25, -0.2) is 4.39 Å². The molecule has 0 aromatic heterocycles. The molecule has 0 bridgehead atoms. The Balaban J connectivity index is 1.73. The van der Waals surface area contributed by atoms with Crippen molar-refractivity contribution in [3.05, 3.63) is 34.6 Å². The predicted molar refractivity (Wildman–Crippen MR) is 68.5 cm³/mol. The maximum Gasteiger partial charge on any atom is 0.254 e. The molecule has 3 N–H and O–H groups in total. The average molecular weight is 285 g/mol. The van der Waals surface area contributed by atoms with Gasteiger partial charge in [0.15, 0.2) is 0 Å². The molecule has 1 aromatic rings. The smallest absolute Gasteiger partial charge is 0.254 e. The van der Waals surface area contributed by atoms with Crippen LogP contribution in [0.15, 0.2) is 18.2 Å². The lowest BCUT2D eigenvalue weighted by atomic mass is 9.72. The van der Waals surface area contributed by atoms with Gasteiger partial charge in [-0.05, 0) is 24.6 Å². The number of halogens is 2. The third-order valence-corrected chi connectivity index (χ3v) is 4.15. The Morgan fingerprint density at radius 3 is 3.11 bits per heavy atom. The van der Waals surface area contributed by atoms with E-state index >= 15 is 0 Å². The van der Waals surface area contributed by atoms with E-state index in [-0.39, 0.29) is 23.8 Å². The third kappa shape index (κ3) is 2.12. The summed E-state index contributed by atoms with van der Waals surface area (Å²) in [5.41, 5.74) is 5.92. The Morgan fingerprint density at radius 1 is 1.53 bits per heavy atom. The summed E-state index contributed by atoms with van der Waals surface area (Å²) in [7, 11) is 0. The van der Waals surface area contributed by atoms with E-state index in [2.05, 4.69) is 5.32 Å². The second-order valence-corrected chi connectivity index (χ2v) is 5.43. The molecule has 4 atom stereocenters. The minimum atomic E-state index is -0.598. The van der Waals surface area contributed by atoms with Crippen molar-refractivity contribution in [2.45, 2.75) is 24.6 Å². The second kappa shape index (κ2) is 4.74. The van der Waals surface area contributed by atoms with Crippen LogP contribution in [-0.4, -0.2) is 30.7 Å². The topological polar surface area (TPSA) is 64.3 Å². The lowest BCUT2D eigenvalue weighted by Crippen LogP contribution is -2.69. The zero-order valence-electron chi connectivity index (χ0n) is 10.1. The Hall–Kier alpha value is -1.17. The number of carbonyl (C=O) groups is 1. The SMILES string of the molecule is NC1C2CCOC2C1NC(=O)c1cc(Cl)ccc1F. The highest BCUT2D eigenvalue weighted by molar-refractivity contribution is 6.31. The van der Waals surface area contributed by atoms with Crippen molar-refractivity contribution < 1.29 is 13.9 Å². The number of hydrogen-bond donors (Lipinski definition) is 2. The molecule has 3 rings (SSSR count). The largest absolute Gasteiger partial charge is 0.376 e. The molecule has 1 aliphatic heterocycles. The maximum absolute atomic E-state index is 13.6. The van der Waals surface area contributed by atoms with E-state index in [4.69, 9.17) is 22.1 Å². The van der Waals surface area contributed by atoms with Gasteiger partial charge in [0.25, 0.3) is 5.91 Å². The highest BCUT2D eigenvalue weighted by Crippen LogP contribution is 2.37. The summed E-state index contributed by atoms with van der Waals surface area (Å²) in [5.74, 6) is -0.803. The Bertz CT molecular complexity index is 525. The molecule has 1 aliphatic carbocycles. The van der Waals surface area contributed by atoms with Gasteiger partial charge in [-0.1, -0.05) is 11.6 Å². The summed E-state index contributed by atoms with van der Waals surface area (Å²) in [6.45, 7) is 0.668. The van der Waals surface area contributed by atoms with Crippen LogP contribution in [0, 0.1) is 11.7 Å². The number of rotatable bonds is 2. The van der Waals surface area contributed by atoms with Gasteiger partial charge in [-0.2, -0.15) is 0 Å². The standard InChI is InChI=1S/C13H14ClFN2O2/c14-6-1-2-9(15)8(5-6)13(18)17-11-10(16)7-3-4-19-12(7)11/h1-2,5,7,10-12H,3-4,16H2,(H,17,18).